The molecule has 0 saturated carbocycles. The first-order chi connectivity index (χ1) is 13.6. The molecule has 0 atom stereocenters. The predicted octanol–water partition coefficient (Wildman–Crippen LogP) is 4.95. The van der Waals surface area contributed by atoms with Gasteiger partial charge in [0.2, 0.25) is 0 Å². The second kappa shape index (κ2) is 8.77. The number of hydrogen-bond acceptors (Lipinski definition) is 4. The van der Waals surface area contributed by atoms with Crippen molar-refractivity contribution >= 4 is 17.8 Å². The fraction of sp³-hybridized carbons (Fsp3) is 0.0435. The second-order valence-electron chi connectivity index (χ2n) is 5.86. The van der Waals surface area contributed by atoms with E-state index in [2.05, 4.69) is 0 Å². The number of carbonyl (C=O) groups is 2. The smallest absolute Gasteiger partial charge is 0.343 e. The Morgan fingerprint density at radius 1 is 0.857 bits per heavy atom. The highest BCUT2D eigenvalue weighted by molar-refractivity contribution is 6.07. The van der Waals surface area contributed by atoms with Gasteiger partial charge in [0, 0.05) is 11.1 Å². The van der Waals surface area contributed by atoms with E-state index >= 15 is 0 Å². The second-order valence-corrected chi connectivity index (χ2v) is 5.86. The first-order valence-corrected chi connectivity index (χ1v) is 8.50. The molecule has 0 unspecified atom stereocenters. The molecule has 0 bridgehead atoms. The van der Waals surface area contributed by atoms with Crippen LogP contribution < -0.4 is 9.47 Å². The van der Waals surface area contributed by atoms with Gasteiger partial charge in [-0.2, -0.15) is 0 Å². The van der Waals surface area contributed by atoms with E-state index in [9.17, 15) is 14.0 Å². The number of rotatable bonds is 6. The SMILES string of the molecule is COc1ccccc1C=CC(=O)c1ccc(OC(=O)c2ccc(F)cc2)cc1. The van der Waals surface area contributed by atoms with Crippen LogP contribution in [0.15, 0.2) is 78.9 Å². The largest absolute Gasteiger partial charge is 0.496 e. The maximum atomic E-state index is 12.9. The summed E-state index contributed by atoms with van der Waals surface area (Å²) in [6, 6.07) is 18.6. The number of ketones is 1. The van der Waals surface area contributed by atoms with Gasteiger partial charge in [0.05, 0.1) is 12.7 Å². The van der Waals surface area contributed by atoms with Crippen molar-refractivity contribution in [1.82, 2.24) is 0 Å². The Balaban J connectivity index is 1.66. The number of halogens is 1. The Morgan fingerprint density at radius 3 is 2.18 bits per heavy atom. The molecule has 0 N–H and O–H groups in total. The molecule has 0 aliphatic carbocycles. The molecule has 0 saturated heterocycles. The van der Waals surface area contributed by atoms with Gasteiger partial charge >= 0.3 is 5.97 Å². The van der Waals surface area contributed by atoms with E-state index in [-0.39, 0.29) is 11.3 Å². The highest BCUT2D eigenvalue weighted by Crippen LogP contribution is 2.20. The Kier molecular flexibility index (Phi) is 5.97. The molecule has 3 rings (SSSR count). The van der Waals surface area contributed by atoms with Crippen LogP contribution in [0.4, 0.5) is 4.39 Å². The lowest BCUT2D eigenvalue weighted by Crippen LogP contribution is -2.08. The van der Waals surface area contributed by atoms with Gasteiger partial charge in [-0.05, 0) is 66.7 Å². The minimum Gasteiger partial charge on any atom is -0.496 e. The third kappa shape index (κ3) is 4.71. The molecule has 28 heavy (non-hydrogen) atoms. The molecule has 3 aromatic rings. The van der Waals surface area contributed by atoms with Crippen LogP contribution in [-0.2, 0) is 0 Å². The van der Waals surface area contributed by atoms with Crippen molar-refractivity contribution in [2.75, 3.05) is 7.11 Å². The van der Waals surface area contributed by atoms with Crippen LogP contribution >= 0.6 is 0 Å². The Morgan fingerprint density at radius 2 is 1.50 bits per heavy atom. The number of ether oxygens (including phenoxy) is 2. The van der Waals surface area contributed by atoms with E-state index in [4.69, 9.17) is 9.47 Å². The van der Waals surface area contributed by atoms with Gasteiger partial charge in [-0.15, -0.1) is 0 Å². The molecule has 4 nitrogen and oxygen atoms in total. The molecule has 3 aromatic carbocycles. The van der Waals surface area contributed by atoms with Crippen LogP contribution in [0.5, 0.6) is 11.5 Å². The first-order valence-electron chi connectivity index (χ1n) is 8.50. The molecule has 140 valence electrons. The monoisotopic (exact) mass is 376 g/mol. The fourth-order valence-electron chi connectivity index (χ4n) is 2.50. The van der Waals surface area contributed by atoms with Gasteiger partial charge < -0.3 is 9.47 Å². The van der Waals surface area contributed by atoms with Crippen LogP contribution in [-0.4, -0.2) is 18.9 Å². The van der Waals surface area contributed by atoms with Gasteiger partial charge in [0.25, 0.3) is 0 Å². The Hall–Kier alpha value is -3.73. The van der Waals surface area contributed by atoms with E-state index in [0.29, 0.717) is 17.1 Å². The lowest BCUT2D eigenvalue weighted by Gasteiger charge is -2.05. The summed E-state index contributed by atoms with van der Waals surface area (Å²) in [6.45, 7) is 0. The zero-order chi connectivity index (χ0) is 19.9. The van der Waals surface area contributed by atoms with Gasteiger partial charge in [-0.25, -0.2) is 9.18 Å². The van der Waals surface area contributed by atoms with Crippen LogP contribution in [0.25, 0.3) is 6.08 Å². The number of methoxy groups -OCH3 is 1. The van der Waals surface area contributed by atoms with E-state index in [1.54, 1.807) is 25.3 Å². The molecule has 0 aliphatic rings. The van der Waals surface area contributed by atoms with E-state index in [0.717, 1.165) is 5.56 Å². The maximum Gasteiger partial charge on any atom is 0.343 e. The van der Waals surface area contributed by atoms with Crippen molar-refractivity contribution in [1.29, 1.82) is 0 Å². The number of para-hydroxylation sites is 1. The average molecular weight is 376 g/mol. The average Bonchev–Trinajstić information content (AvgIpc) is 2.73. The van der Waals surface area contributed by atoms with Crippen LogP contribution in [0.2, 0.25) is 0 Å². The molecular weight excluding hydrogens is 359 g/mol. The molecule has 0 aliphatic heterocycles. The van der Waals surface area contributed by atoms with Crippen LogP contribution in [0.3, 0.4) is 0 Å². The van der Waals surface area contributed by atoms with Crippen molar-refractivity contribution in [3.63, 3.8) is 0 Å². The van der Waals surface area contributed by atoms with E-state index in [1.165, 1.54) is 42.5 Å². The fourth-order valence-corrected chi connectivity index (χ4v) is 2.50. The number of benzene rings is 3. The summed E-state index contributed by atoms with van der Waals surface area (Å²) in [7, 11) is 1.57. The number of hydrogen-bond donors (Lipinski definition) is 0. The summed E-state index contributed by atoms with van der Waals surface area (Å²) in [6.07, 6.45) is 3.14. The summed E-state index contributed by atoms with van der Waals surface area (Å²) in [5.74, 6) is -0.257. The summed E-state index contributed by atoms with van der Waals surface area (Å²) in [5.41, 5.74) is 1.48. The standard InChI is InChI=1S/C23H17FO4/c1-27-22-5-3-2-4-17(22)10-15-21(25)16-8-13-20(14-9-16)28-23(26)18-6-11-19(24)12-7-18/h2-15H,1H3. The van der Waals surface area contributed by atoms with Crippen LogP contribution in [0.1, 0.15) is 26.3 Å². The van der Waals surface area contributed by atoms with Crippen molar-refractivity contribution in [3.8, 4) is 11.5 Å². The van der Waals surface area contributed by atoms with Gasteiger partial charge in [-0.3, -0.25) is 4.79 Å². The molecule has 0 aromatic heterocycles. The normalized spacial score (nSPS) is 10.6. The predicted molar refractivity (Wildman–Crippen MR) is 104 cm³/mol. The molecule has 0 heterocycles. The number of carbonyl (C=O) groups excluding carboxylic acids is 2. The van der Waals surface area contributed by atoms with Gasteiger partial charge in [0.1, 0.15) is 17.3 Å². The summed E-state index contributed by atoms with van der Waals surface area (Å²) in [4.78, 5) is 24.4. The molecule has 0 fully saturated rings. The summed E-state index contributed by atoms with van der Waals surface area (Å²) >= 11 is 0. The topological polar surface area (TPSA) is 52.6 Å². The van der Waals surface area contributed by atoms with Gasteiger partial charge in [-0.1, -0.05) is 18.2 Å². The van der Waals surface area contributed by atoms with Crippen molar-refractivity contribution in [2.24, 2.45) is 0 Å². The zero-order valence-corrected chi connectivity index (χ0v) is 15.1. The Labute approximate surface area is 161 Å². The van der Waals surface area contributed by atoms with E-state index in [1.807, 2.05) is 24.3 Å². The third-order valence-corrected chi connectivity index (χ3v) is 3.98. The lowest BCUT2D eigenvalue weighted by atomic mass is 10.1. The van der Waals surface area contributed by atoms with Crippen molar-refractivity contribution < 1.29 is 23.5 Å². The van der Waals surface area contributed by atoms with Gasteiger partial charge in [0.15, 0.2) is 5.78 Å². The van der Waals surface area contributed by atoms with Crippen molar-refractivity contribution in [3.05, 3.63) is 101 Å². The molecule has 0 amide bonds. The first kappa shape index (κ1) is 19.0. The highest BCUT2D eigenvalue weighted by Gasteiger charge is 2.09. The molecular formula is C23H17FO4. The van der Waals surface area contributed by atoms with E-state index < -0.39 is 11.8 Å². The zero-order valence-electron chi connectivity index (χ0n) is 15.1. The number of allylic oxidation sites excluding steroid dienone is 1. The molecule has 5 heteroatoms. The quantitative estimate of drug-likeness (QED) is 0.264. The minimum atomic E-state index is -0.602. The summed E-state index contributed by atoms with van der Waals surface area (Å²) in [5, 5.41) is 0. The number of esters is 1. The maximum absolute atomic E-state index is 12.9. The molecule has 0 radical (unpaired) electrons. The third-order valence-electron chi connectivity index (χ3n) is 3.98. The minimum absolute atomic E-state index is 0.192. The summed E-state index contributed by atoms with van der Waals surface area (Å²) < 4.78 is 23.4. The Bertz CT molecular complexity index is 1010. The lowest BCUT2D eigenvalue weighted by molar-refractivity contribution is 0.0734. The van der Waals surface area contributed by atoms with Crippen LogP contribution in [0, 0.1) is 5.82 Å². The molecule has 0 spiro atoms. The van der Waals surface area contributed by atoms with Crippen molar-refractivity contribution in [2.45, 2.75) is 0 Å². The highest BCUT2D eigenvalue weighted by atomic mass is 19.1.